The number of alkyl halides is 4. The number of azide groups is 1. The molecule has 1 aromatic rings. The molecule has 0 aliphatic carbocycles. The average Bonchev–Trinajstić information content (AvgIpc) is 2.21. The van der Waals surface area contributed by atoms with Gasteiger partial charge in [0.15, 0.2) is 0 Å². The van der Waals surface area contributed by atoms with Crippen LogP contribution in [0.3, 0.4) is 0 Å². The Labute approximate surface area is 87.1 Å². The lowest BCUT2D eigenvalue weighted by atomic mass is 10.3. The minimum atomic E-state index is -4.54. The first kappa shape index (κ1) is 12.1. The maximum atomic E-state index is 12.4. The van der Waals surface area contributed by atoms with Gasteiger partial charge in [-0.05, 0) is 29.8 Å². The molecule has 0 spiro atoms. The molecule has 4 nitrogen and oxygen atoms in total. The van der Waals surface area contributed by atoms with Crippen LogP contribution in [-0.4, -0.2) is 12.5 Å². The predicted molar refractivity (Wildman–Crippen MR) is 46.8 cm³/mol. The Bertz CT molecular complexity index is 400. The maximum absolute atomic E-state index is 12.4. The van der Waals surface area contributed by atoms with Crippen molar-refractivity contribution in [2.75, 3.05) is 0 Å². The Morgan fingerprint density at radius 3 is 2.25 bits per heavy atom. The number of hydrogen-bond acceptors (Lipinski definition) is 2. The molecule has 0 aromatic heterocycles. The number of ether oxygens (including phenoxy) is 1. The van der Waals surface area contributed by atoms with Crippen molar-refractivity contribution >= 4 is 5.69 Å². The van der Waals surface area contributed by atoms with Crippen molar-refractivity contribution in [3.8, 4) is 5.75 Å². The summed E-state index contributed by atoms with van der Waals surface area (Å²) in [7, 11) is 0. The molecule has 0 radical (unpaired) electrons. The van der Waals surface area contributed by atoms with Crippen LogP contribution in [0.15, 0.2) is 29.4 Å². The maximum Gasteiger partial charge on any atom is 0.461 e. The van der Waals surface area contributed by atoms with Gasteiger partial charge in [-0.15, -0.1) is 0 Å². The fourth-order valence-electron chi connectivity index (χ4n) is 0.834. The molecule has 0 fully saturated rings. The second-order valence-corrected chi connectivity index (χ2v) is 2.65. The highest BCUT2D eigenvalue weighted by Crippen LogP contribution is 2.28. The van der Waals surface area contributed by atoms with E-state index in [1.807, 2.05) is 0 Å². The van der Waals surface area contributed by atoms with E-state index in [0.717, 1.165) is 24.3 Å². The second-order valence-electron chi connectivity index (χ2n) is 2.65. The zero-order valence-electron chi connectivity index (χ0n) is 7.65. The van der Waals surface area contributed by atoms with E-state index >= 15 is 0 Å². The molecular formula is C8H5F4N3O. The van der Waals surface area contributed by atoms with Crippen molar-refractivity contribution in [1.82, 2.24) is 0 Å². The molecule has 0 aliphatic heterocycles. The topological polar surface area (TPSA) is 58.0 Å². The van der Waals surface area contributed by atoms with Crippen molar-refractivity contribution in [3.05, 3.63) is 34.7 Å². The van der Waals surface area contributed by atoms with Crippen LogP contribution in [0.2, 0.25) is 0 Å². The molecule has 0 N–H and O–H groups in total. The van der Waals surface area contributed by atoms with E-state index in [1.54, 1.807) is 0 Å². The number of benzene rings is 1. The van der Waals surface area contributed by atoms with Crippen LogP contribution in [0, 0.1) is 0 Å². The summed E-state index contributed by atoms with van der Waals surface area (Å²) in [5, 5.41) is 3.17. The van der Waals surface area contributed by atoms with Crippen LogP contribution in [0.4, 0.5) is 23.2 Å². The number of halogens is 4. The van der Waals surface area contributed by atoms with Crippen molar-refractivity contribution in [2.24, 2.45) is 5.11 Å². The van der Waals surface area contributed by atoms with Gasteiger partial charge in [-0.3, -0.25) is 0 Å². The first-order chi connectivity index (χ1) is 7.45. The highest BCUT2D eigenvalue weighted by molar-refractivity contribution is 5.41. The van der Waals surface area contributed by atoms with Crippen LogP contribution in [0.25, 0.3) is 10.4 Å². The smallest absolute Gasteiger partial charge is 0.428 e. The third-order valence-electron chi connectivity index (χ3n) is 1.50. The first-order valence-electron chi connectivity index (χ1n) is 3.96. The van der Waals surface area contributed by atoms with E-state index in [0.29, 0.717) is 0 Å². The van der Waals surface area contributed by atoms with Gasteiger partial charge in [-0.2, -0.15) is 17.6 Å². The van der Waals surface area contributed by atoms with Gasteiger partial charge >= 0.3 is 12.5 Å². The summed E-state index contributed by atoms with van der Waals surface area (Å²) in [4.78, 5) is 2.45. The second kappa shape index (κ2) is 4.71. The summed E-state index contributed by atoms with van der Waals surface area (Å²) in [6, 6.07) is 4.33. The van der Waals surface area contributed by atoms with Gasteiger partial charge in [0.1, 0.15) is 5.75 Å². The van der Waals surface area contributed by atoms with Gasteiger partial charge in [0.05, 0.1) is 0 Å². The summed E-state index contributed by atoms with van der Waals surface area (Å²) in [6.07, 6.45) is -8.45. The van der Waals surface area contributed by atoms with Crippen LogP contribution >= 0.6 is 0 Å². The van der Waals surface area contributed by atoms with E-state index in [1.165, 1.54) is 0 Å². The van der Waals surface area contributed by atoms with E-state index in [2.05, 4.69) is 14.8 Å². The molecule has 0 atom stereocenters. The zero-order chi connectivity index (χ0) is 12.2. The van der Waals surface area contributed by atoms with Gasteiger partial charge in [0, 0.05) is 10.6 Å². The van der Waals surface area contributed by atoms with Crippen LogP contribution in [0.1, 0.15) is 0 Å². The molecule has 0 saturated heterocycles. The van der Waals surface area contributed by atoms with Crippen LogP contribution in [0.5, 0.6) is 5.75 Å². The molecule has 8 heteroatoms. The predicted octanol–water partition coefficient (Wildman–Crippen LogP) is 3.87. The molecule has 1 rings (SSSR count). The molecule has 0 bridgehead atoms. The van der Waals surface area contributed by atoms with Crippen LogP contribution < -0.4 is 4.74 Å². The fourth-order valence-corrected chi connectivity index (χ4v) is 0.834. The van der Waals surface area contributed by atoms with Crippen molar-refractivity contribution < 1.29 is 22.3 Å². The lowest BCUT2D eigenvalue weighted by Gasteiger charge is -2.16. The minimum absolute atomic E-state index is 0.162. The van der Waals surface area contributed by atoms with E-state index < -0.39 is 18.3 Å². The monoisotopic (exact) mass is 235 g/mol. The quantitative estimate of drug-likeness (QED) is 0.338. The first-order valence-corrected chi connectivity index (χ1v) is 3.96. The van der Waals surface area contributed by atoms with Crippen molar-refractivity contribution in [1.29, 1.82) is 0 Å². The third-order valence-corrected chi connectivity index (χ3v) is 1.50. The number of hydrogen-bond donors (Lipinski definition) is 0. The highest BCUT2D eigenvalue weighted by atomic mass is 19.3. The summed E-state index contributed by atoms with van der Waals surface area (Å²) in [6.45, 7) is 0. The summed E-state index contributed by atoms with van der Waals surface area (Å²) in [5.74, 6) is -0.442. The molecule has 0 aliphatic rings. The highest BCUT2D eigenvalue weighted by Gasteiger charge is 2.43. The van der Waals surface area contributed by atoms with Gasteiger partial charge in [-0.25, -0.2) is 0 Å². The van der Waals surface area contributed by atoms with Crippen molar-refractivity contribution in [3.63, 3.8) is 0 Å². The zero-order valence-corrected chi connectivity index (χ0v) is 7.65. The van der Waals surface area contributed by atoms with Crippen LogP contribution in [-0.2, 0) is 0 Å². The molecule has 0 unspecified atom stereocenters. The normalized spacial score (nSPS) is 11.1. The Kier molecular flexibility index (Phi) is 3.57. The number of rotatable bonds is 4. The Morgan fingerprint density at radius 1 is 1.25 bits per heavy atom. The molecule has 1 aromatic carbocycles. The standard InChI is InChI=1S/C8H5F4N3O/c9-7(10)8(11,12)16-6-3-1-5(2-4-6)14-15-13/h1-4,7H. The fraction of sp³-hybridized carbons (Fsp3) is 0.250. The molecule has 0 saturated carbocycles. The van der Waals surface area contributed by atoms with Crippen molar-refractivity contribution in [2.45, 2.75) is 12.5 Å². The molecule has 0 heterocycles. The minimum Gasteiger partial charge on any atom is -0.428 e. The SMILES string of the molecule is [N-]=[N+]=Nc1ccc(OC(F)(F)C(F)F)cc1. The van der Waals surface area contributed by atoms with Gasteiger partial charge < -0.3 is 4.74 Å². The summed E-state index contributed by atoms with van der Waals surface area (Å²) >= 11 is 0. The lowest BCUT2D eigenvalue weighted by molar-refractivity contribution is -0.253. The van der Waals surface area contributed by atoms with Gasteiger partial charge in [0.25, 0.3) is 0 Å². The molecule has 16 heavy (non-hydrogen) atoms. The largest absolute Gasteiger partial charge is 0.461 e. The molecule has 86 valence electrons. The van der Waals surface area contributed by atoms with E-state index in [4.69, 9.17) is 5.53 Å². The summed E-state index contributed by atoms with van der Waals surface area (Å²) < 4.78 is 52.1. The van der Waals surface area contributed by atoms with E-state index in [-0.39, 0.29) is 5.69 Å². The van der Waals surface area contributed by atoms with E-state index in [9.17, 15) is 17.6 Å². The van der Waals surface area contributed by atoms with Gasteiger partial charge in [0.2, 0.25) is 0 Å². The summed E-state index contributed by atoms with van der Waals surface area (Å²) in [5.41, 5.74) is 8.22. The average molecular weight is 235 g/mol. The lowest BCUT2D eigenvalue weighted by Crippen LogP contribution is -2.33. The Hall–Kier alpha value is -1.95. The molecular weight excluding hydrogens is 230 g/mol. The molecule has 0 amide bonds. The Balaban J connectivity index is 2.79. The number of nitrogens with zero attached hydrogens (tertiary/aromatic N) is 3. The third kappa shape index (κ3) is 3.03. The Morgan fingerprint density at radius 2 is 1.81 bits per heavy atom. The van der Waals surface area contributed by atoms with Gasteiger partial charge in [-0.1, -0.05) is 5.11 Å².